The number of benzene rings is 1. The lowest BCUT2D eigenvalue weighted by molar-refractivity contribution is 0.209. The molecular weight excluding hydrogens is 234 g/mol. The molecule has 0 radical (unpaired) electrons. The van der Waals surface area contributed by atoms with E-state index < -0.39 is 0 Å². The van der Waals surface area contributed by atoms with E-state index in [-0.39, 0.29) is 0 Å². The molecule has 0 aromatic heterocycles. The Morgan fingerprint density at radius 3 is 2.63 bits per heavy atom. The van der Waals surface area contributed by atoms with Gasteiger partial charge in [-0.1, -0.05) is 12.1 Å². The van der Waals surface area contributed by atoms with Gasteiger partial charge in [0.15, 0.2) is 0 Å². The Morgan fingerprint density at radius 2 is 1.89 bits per heavy atom. The molecule has 2 aliphatic heterocycles. The van der Waals surface area contributed by atoms with Crippen LogP contribution >= 0.6 is 0 Å². The predicted molar refractivity (Wildman–Crippen MR) is 82.2 cm³/mol. The van der Waals surface area contributed by atoms with Gasteiger partial charge in [-0.2, -0.15) is 0 Å². The average Bonchev–Trinajstić information content (AvgIpc) is 2.47. The van der Waals surface area contributed by atoms with E-state index in [9.17, 15) is 0 Å². The third kappa shape index (κ3) is 2.57. The first-order chi connectivity index (χ1) is 9.25. The van der Waals surface area contributed by atoms with E-state index in [2.05, 4.69) is 47.2 Å². The zero-order chi connectivity index (χ0) is 13.2. The van der Waals surface area contributed by atoms with E-state index in [1.807, 2.05) is 0 Å². The van der Waals surface area contributed by atoms with Crippen LogP contribution in [0.3, 0.4) is 0 Å². The maximum atomic E-state index is 3.61. The molecule has 104 valence electrons. The van der Waals surface area contributed by atoms with Crippen LogP contribution in [0.15, 0.2) is 18.2 Å². The van der Waals surface area contributed by atoms with E-state index in [1.54, 1.807) is 0 Å². The highest BCUT2D eigenvalue weighted by molar-refractivity contribution is 5.74. The molecule has 0 saturated carbocycles. The zero-order valence-electron chi connectivity index (χ0n) is 12.2. The van der Waals surface area contributed by atoms with Crippen LogP contribution in [0.25, 0.3) is 0 Å². The Morgan fingerprint density at radius 1 is 1.11 bits per heavy atom. The van der Waals surface area contributed by atoms with E-state index >= 15 is 0 Å². The van der Waals surface area contributed by atoms with E-state index in [0.717, 1.165) is 19.6 Å². The number of anilines is 2. The van der Waals surface area contributed by atoms with Gasteiger partial charge < -0.3 is 10.2 Å². The minimum Gasteiger partial charge on any atom is -0.383 e. The summed E-state index contributed by atoms with van der Waals surface area (Å²) in [5, 5.41) is 3.61. The van der Waals surface area contributed by atoms with E-state index in [4.69, 9.17) is 0 Å². The van der Waals surface area contributed by atoms with E-state index in [1.165, 1.54) is 42.9 Å². The fourth-order valence-corrected chi connectivity index (χ4v) is 3.23. The minimum atomic E-state index is 0.671. The van der Waals surface area contributed by atoms with Crippen molar-refractivity contribution in [2.24, 2.45) is 0 Å². The third-order valence-electron chi connectivity index (χ3n) is 4.44. The molecule has 3 heteroatoms. The molecule has 3 nitrogen and oxygen atoms in total. The van der Waals surface area contributed by atoms with Crippen molar-refractivity contribution in [3.8, 4) is 0 Å². The molecule has 0 unspecified atom stereocenters. The zero-order valence-corrected chi connectivity index (χ0v) is 12.2. The summed E-state index contributed by atoms with van der Waals surface area (Å²) in [6, 6.07) is 7.44. The predicted octanol–water partition coefficient (Wildman–Crippen LogP) is 2.58. The highest BCUT2D eigenvalue weighted by atomic mass is 15.3. The summed E-state index contributed by atoms with van der Waals surface area (Å²) < 4.78 is 0. The van der Waals surface area contributed by atoms with Gasteiger partial charge in [0, 0.05) is 38.8 Å². The first-order valence-corrected chi connectivity index (χ1v) is 7.60. The quantitative estimate of drug-likeness (QED) is 0.880. The minimum absolute atomic E-state index is 0.671. The molecule has 1 aromatic carbocycles. The molecule has 0 spiro atoms. The molecule has 0 amide bonds. The van der Waals surface area contributed by atoms with Crippen LogP contribution in [0.4, 0.5) is 11.4 Å². The van der Waals surface area contributed by atoms with Crippen molar-refractivity contribution in [3.05, 3.63) is 23.8 Å². The van der Waals surface area contributed by atoms with Crippen LogP contribution in [0.1, 0.15) is 25.8 Å². The second-order valence-electron chi connectivity index (χ2n) is 5.96. The van der Waals surface area contributed by atoms with Gasteiger partial charge in [0.05, 0.1) is 11.4 Å². The molecule has 0 bridgehead atoms. The monoisotopic (exact) mass is 259 g/mol. The Balaban J connectivity index is 1.77. The summed E-state index contributed by atoms with van der Waals surface area (Å²) in [4.78, 5) is 5.12. The molecule has 2 heterocycles. The van der Waals surface area contributed by atoms with Gasteiger partial charge in [-0.15, -0.1) is 0 Å². The number of piperazine rings is 1. The maximum Gasteiger partial charge on any atom is 0.0610 e. The Bertz CT molecular complexity index is 434. The molecule has 1 fully saturated rings. The molecule has 19 heavy (non-hydrogen) atoms. The third-order valence-corrected chi connectivity index (χ3v) is 4.44. The summed E-state index contributed by atoms with van der Waals surface area (Å²) >= 11 is 0. The molecule has 1 aromatic rings. The van der Waals surface area contributed by atoms with Crippen molar-refractivity contribution >= 4 is 11.4 Å². The van der Waals surface area contributed by atoms with Gasteiger partial charge in [0.25, 0.3) is 0 Å². The SMILES string of the molecule is CC(C)N1CCN(c2cccc3c2NCCC3)CC1. The largest absolute Gasteiger partial charge is 0.383 e. The van der Waals surface area contributed by atoms with Crippen molar-refractivity contribution < 1.29 is 0 Å². The number of hydrogen-bond acceptors (Lipinski definition) is 3. The fraction of sp³-hybridized carbons (Fsp3) is 0.625. The molecule has 1 saturated heterocycles. The lowest BCUT2D eigenvalue weighted by Gasteiger charge is -2.39. The first-order valence-electron chi connectivity index (χ1n) is 7.60. The smallest absolute Gasteiger partial charge is 0.0610 e. The molecule has 0 atom stereocenters. The van der Waals surface area contributed by atoms with Gasteiger partial charge in [-0.25, -0.2) is 0 Å². The number of nitrogens with one attached hydrogen (secondary N) is 1. The standard InChI is InChI=1S/C16H25N3/c1-13(2)18-9-11-19(12-10-18)15-7-3-5-14-6-4-8-17-16(14)15/h3,5,7,13,17H,4,6,8-12H2,1-2H3. The molecule has 2 aliphatic rings. The van der Waals surface area contributed by atoms with Gasteiger partial charge in [0.1, 0.15) is 0 Å². The van der Waals surface area contributed by atoms with Crippen molar-refractivity contribution in [1.82, 2.24) is 4.90 Å². The topological polar surface area (TPSA) is 18.5 Å². The van der Waals surface area contributed by atoms with Gasteiger partial charge in [-0.05, 0) is 38.3 Å². The van der Waals surface area contributed by atoms with Crippen LogP contribution in [0, 0.1) is 0 Å². The number of para-hydroxylation sites is 1. The lowest BCUT2D eigenvalue weighted by atomic mass is 10.0. The van der Waals surface area contributed by atoms with Crippen LogP contribution in [0.5, 0.6) is 0 Å². The van der Waals surface area contributed by atoms with Crippen molar-refractivity contribution in [1.29, 1.82) is 0 Å². The summed E-state index contributed by atoms with van der Waals surface area (Å²) in [5.41, 5.74) is 4.31. The van der Waals surface area contributed by atoms with E-state index in [0.29, 0.717) is 6.04 Å². The Kier molecular flexibility index (Phi) is 3.65. The van der Waals surface area contributed by atoms with Crippen LogP contribution in [-0.4, -0.2) is 43.7 Å². The number of nitrogens with zero attached hydrogens (tertiary/aromatic N) is 2. The van der Waals surface area contributed by atoms with Gasteiger partial charge in [-0.3, -0.25) is 4.90 Å². The normalized spacial score (nSPS) is 20.3. The van der Waals surface area contributed by atoms with Crippen LogP contribution in [-0.2, 0) is 6.42 Å². The second kappa shape index (κ2) is 5.41. The van der Waals surface area contributed by atoms with Crippen LogP contribution < -0.4 is 10.2 Å². The lowest BCUT2D eigenvalue weighted by Crippen LogP contribution is -2.49. The molecule has 0 aliphatic carbocycles. The van der Waals surface area contributed by atoms with Crippen LogP contribution in [0.2, 0.25) is 0 Å². The molecular formula is C16H25N3. The van der Waals surface area contributed by atoms with Crippen molar-refractivity contribution in [2.75, 3.05) is 42.9 Å². The highest BCUT2D eigenvalue weighted by Gasteiger charge is 2.22. The highest BCUT2D eigenvalue weighted by Crippen LogP contribution is 2.33. The molecule has 3 rings (SSSR count). The second-order valence-corrected chi connectivity index (χ2v) is 5.96. The number of hydrogen-bond donors (Lipinski definition) is 1. The Labute approximate surface area is 116 Å². The summed E-state index contributed by atoms with van der Waals surface area (Å²) in [7, 11) is 0. The number of fused-ring (bicyclic) bond motifs is 1. The number of aryl methyl sites for hydroxylation is 1. The summed E-state index contributed by atoms with van der Waals surface area (Å²) in [6.45, 7) is 10.4. The molecule has 1 N–H and O–H groups in total. The van der Waals surface area contributed by atoms with Gasteiger partial charge >= 0.3 is 0 Å². The fourth-order valence-electron chi connectivity index (χ4n) is 3.23. The van der Waals surface area contributed by atoms with Crippen molar-refractivity contribution in [2.45, 2.75) is 32.7 Å². The average molecular weight is 259 g/mol. The first kappa shape index (κ1) is 12.8. The number of rotatable bonds is 2. The summed E-state index contributed by atoms with van der Waals surface area (Å²) in [6.07, 6.45) is 2.49. The van der Waals surface area contributed by atoms with Gasteiger partial charge in [0.2, 0.25) is 0 Å². The summed E-state index contributed by atoms with van der Waals surface area (Å²) in [5.74, 6) is 0. The maximum absolute atomic E-state index is 3.61. The van der Waals surface area contributed by atoms with Crippen molar-refractivity contribution in [3.63, 3.8) is 0 Å². The Hall–Kier alpha value is -1.22.